The number of H-pyrrole nitrogens is 1. The zero-order chi connectivity index (χ0) is 14.5. The zero-order valence-electron chi connectivity index (χ0n) is 11.5. The third-order valence-electron chi connectivity index (χ3n) is 2.64. The van der Waals surface area contributed by atoms with Crippen molar-refractivity contribution in [3.63, 3.8) is 0 Å². The van der Waals surface area contributed by atoms with Gasteiger partial charge in [0.15, 0.2) is 5.65 Å². The van der Waals surface area contributed by atoms with Gasteiger partial charge in [0, 0.05) is 19.5 Å². The van der Waals surface area contributed by atoms with E-state index in [1.165, 1.54) is 4.52 Å². The van der Waals surface area contributed by atoms with Crippen LogP contribution in [-0.2, 0) is 4.79 Å². The summed E-state index contributed by atoms with van der Waals surface area (Å²) in [4.78, 5) is 22.9. The summed E-state index contributed by atoms with van der Waals surface area (Å²) >= 11 is 0. The summed E-state index contributed by atoms with van der Waals surface area (Å²) in [6.07, 6.45) is 0.354. The molecule has 2 aromatic rings. The summed E-state index contributed by atoms with van der Waals surface area (Å²) < 4.78 is 1.17. The van der Waals surface area contributed by atoms with Crippen molar-refractivity contribution in [3.05, 3.63) is 22.6 Å². The minimum absolute atomic E-state index is 0.00671. The fraction of sp³-hybridized carbons (Fsp3) is 0.500. The molecule has 0 saturated heterocycles. The molecule has 2 heterocycles. The Morgan fingerprint density at radius 2 is 2.25 bits per heavy atom. The highest BCUT2D eigenvalue weighted by atomic mass is 16.2. The van der Waals surface area contributed by atoms with Crippen LogP contribution in [0.1, 0.15) is 20.3 Å². The lowest BCUT2D eigenvalue weighted by Gasteiger charge is -2.08. The van der Waals surface area contributed by atoms with Crippen molar-refractivity contribution in [2.24, 2.45) is 5.92 Å². The molecule has 108 valence electrons. The van der Waals surface area contributed by atoms with Gasteiger partial charge in [0.05, 0.1) is 0 Å². The van der Waals surface area contributed by atoms with Crippen LogP contribution in [0.2, 0.25) is 0 Å². The summed E-state index contributed by atoms with van der Waals surface area (Å²) in [5.41, 5.74) is 0.0635. The van der Waals surface area contributed by atoms with E-state index in [9.17, 15) is 9.59 Å². The third-order valence-corrected chi connectivity index (χ3v) is 2.64. The highest BCUT2D eigenvalue weighted by molar-refractivity contribution is 5.76. The van der Waals surface area contributed by atoms with E-state index in [1.54, 1.807) is 12.1 Å². The molecule has 0 atom stereocenters. The normalized spacial score (nSPS) is 10.9. The van der Waals surface area contributed by atoms with Gasteiger partial charge in [-0.05, 0) is 18.1 Å². The molecule has 20 heavy (non-hydrogen) atoms. The number of fused-ring (bicyclic) bond motifs is 1. The topological polar surface area (TPSA) is 104 Å². The van der Waals surface area contributed by atoms with Gasteiger partial charge in [-0.2, -0.15) is 9.61 Å². The van der Waals surface area contributed by atoms with E-state index in [0.717, 1.165) is 0 Å². The van der Waals surface area contributed by atoms with Gasteiger partial charge in [0.1, 0.15) is 5.82 Å². The Bertz CT molecular complexity index is 645. The van der Waals surface area contributed by atoms with E-state index in [2.05, 4.69) is 25.9 Å². The van der Waals surface area contributed by atoms with Crippen LogP contribution < -0.4 is 16.3 Å². The second-order valence-electron chi connectivity index (χ2n) is 4.89. The number of amides is 1. The van der Waals surface area contributed by atoms with Crippen molar-refractivity contribution < 1.29 is 4.79 Å². The molecule has 8 heteroatoms. The number of hydrogen-bond acceptors (Lipinski definition) is 5. The quantitative estimate of drug-likeness (QED) is 0.689. The fourth-order valence-electron chi connectivity index (χ4n) is 1.61. The van der Waals surface area contributed by atoms with Crippen LogP contribution >= 0.6 is 0 Å². The van der Waals surface area contributed by atoms with Crippen LogP contribution in [0.5, 0.6) is 0 Å². The van der Waals surface area contributed by atoms with E-state index in [-0.39, 0.29) is 5.91 Å². The molecule has 0 unspecified atom stereocenters. The van der Waals surface area contributed by atoms with E-state index < -0.39 is 5.69 Å². The highest BCUT2D eigenvalue weighted by Gasteiger charge is 2.04. The van der Waals surface area contributed by atoms with Gasteiger partial charge >= 0.3 is 5.69 Å². The first-order chi connectivity index (χ1) is 9.56. The molecule has 0 aliphatic carbocycles. The van der Waals surface area contributed by atoms with Gasteiger partial charge in [0.2, 0.25) is 5.91 Å². The molecule has 0 bridgehead atoms. The Labute approximate surface area is 115 Å². The number of aromatic amines is 1. The minimum atomic E-state index is -0.390. The molecule has 8 nitrogen and oxygen atoms in total. The number of aromatic nitrogens is 4. The number of carbonyl (C=O) groups is 1. The summed E-state index contributed by atoms with van der Waals surface area (Å²) in [6.45, 7) is 5.21. The molecule has 0 aliphatic rings. The van der Waals surface area contributed by atoms with E-state index >= 15 is 0 Å². The fourth-order valence-corrected chi connectivity index (χ4v) is 1.61. The first-order valence-corrected chi connectivity index (χ1v) is 6.51. The zero-order valence-corrected chi connectivity index (χ0v) is 11.5. The van der Waals surface area contributed by atoms with Crippen molar-refractivity contribution in [1.29, 1.82) is 0 Å². The summed E-state index contributed by atoms with van der Waals surface area (Å²) in [5.74, 6) is 0.953. The number of rotatable bonds is 6. The van der Waals surface area contributed by atoms with Crippen LogP contribution in [0.4, 0.5) is 5.82 Å². The average Bonchev–Trinajstić information content (AvgIpc) is 2.78. The molecule has 2 aromatic heterocycles. The lowest BCUT2D eigenvalue weighted by atomic mass is 10.2. The predicted molar refractivity (Wildman–Crippen MR) is 74.6 cm³/mol. The first kappa shape index (κ1) is 14.0. The Hall–Kier alpha value is -2.38. The van der Waals surface area contributed by atoms with Gasteiger partial charge in [-0.15, -0.1) is 5.10 Å². The summed E-state index contributed by atoms with van der Waals surface area (Å²) in [5, 5.41) is 16.0. The number of hydrogen-bond donors (Lipinski definition) is 3. The van der Waals surface area contributed by atoms with Crippen LogP contribution in [0.3, 0.4) is 0 Å². The minimum Gasteiger partial charge on any atom is -0.368 e. The van der Waals surface area contributed by atoms with E-state index in [4.69, 9.17) is 0 Å². The lowest BCUT2D eigenvalue weighted by Crippen LogP contribution is -2.28. The van der Waals surface area contributed by atoms with E-state index in [0.29, 0.717) is 36.9 Å². The Kier molecular flexibility index (Phi) is 4.34. The second kappa shape index (κ2) is 6.18. The van der Waals surface area contributed by atoms with Crippen LogP contribution in [0.25, 0.3) is 5.65 Å². The van der Waals surface area contributed by atoms with Crippen molar-refractivity contribution in [1.82, 2.24) is 25.1 Å². The SMILES string of the molecule is CC(C)CNC(=O)CCNc1ccc2n[nH]c(=O)n2n1. The van der Waals surface area contributed by atoms with Gasteiger partial charge in [-0.1, -0.05) is 13.8 Å². The molecule has 0 spiro atoms. The summed E-state index contributed by atoms with van der Waals surface area (Å²) in [6, 6.07) is 3.38. The average molecular weight is 278 g/mol. The molecule has 0 radical (unpaired) electrons. The first-order valence-electron chi connectivity index (χ1n) is 6.51. The largest absolute Gasteiger partial charge is 0.368 e. The number of nitrogens with one attached hydrogen (secondary N) is 3. The molecule has 0 saturated carbocycles. The molecule has 3 N–H and O–H groups in total. The molecule has 0 aliphatic heterocycles. The molecular formula is C12H18N6O2. The Morgan fingerprint density at radius 1 is 1.45 bits per heavy atom. The molecule has 2 rings (SSSR count). The standard InChI is InChI=1S/C12H18N6O2/c1-8(2)7-14-11(19)5-6-13-9-3-4-10-15-16-12(20)18(10)17-9/h3-4,8H,5-7H2,1-2H3,(H,13,17)(H,14,19)(H,16,20). The molecule has 1 amide bonds. The van der Waals surface area contributed by atoms with Crippen LogP contribution in [-0.4, -0.2) is 38.8 Å². The van der Waals surface area contributed by atoms with Crippen molar-refractivity contribution in [2.45, 2.75) is 20.3 Å². The van der Waals surface area contributed by atoms with Gasteiger partial charge < -0.3 is 10.6 Å². The maximum atomic E-state index is 11.5. The predicted octanol–water partition coefficient (Wildman–Crippen LogP) is -0.00820. The second-order valence-corrected chi connectivity index (χ2v) is 4.89. The maximum Gasteiger partial charge on any atom is 0.364 e. The molecular weight excluding hydrogens is 260 g/mol. The van der Waals surface area contributed by atoms with Gasteiger partial charge in [0.25, 0.3) is 0 Å². The summed E-state index contributed by atoms with van der Waals surface area (Å²) in [7, 11) is 0. The van der Waals surface area contributed by atoms with Crippen molar-refractivity contribution in [2.75, 3.05) is 18.4 Å². The van der Waals surface area contributed by atoms with Crippen LogP contribution in [0.15, 0.2) is 16.9 Å². The Balaban J connectivity index is 1.85. The van der Waals surface area contributed by atoms with Gasteiger partial charge in [-0.3, -0.25) is 4.79 Å². The monoisotopic (exact) mass is 278 g/mol. The molecule has 0 fully saturated rings. The third kappa shape index (κ3) is 3.56. The maximum absolute atomic E-state index is 11.5. The van der Waals surface area contributed by atoms with E-state index in [1.807, 2.05) is 13.8 Å². The lowest BCUT2D eigenvalue weighted by molar-refractivity contribution is -0.120. The smallest absolute Gasteiger partial charge is 0.364 e. The van der Waals surface area contributed by atoms with Gasteiger partial charge in [-0.25, -0.2) is 9.89 Å². The highest BCUT2D eigenvalue weighted by Crippen LogP contribution is 2.02. The number of carbonyl (C=O) groups excluding carboxylic acids is 1. The van der Waals surface area contributed by atoms with Crippen LogP contribution in [0, 0.1) is 5.92 Å². The van der Waals surface area contributed by atoms with Crippen molar-refractivity contribution in [3.8, 4) is 0 Å². The number of nitrogens with zero attached hydrogens (tertiary/aromatic N) is 3. The Morgan fingerprint density at radius 3 is 3.00 bits per heavy atom. The molecule has 0 aromatic carbocycles. The van der Waals surface area contributed by atoms with Crippen molar-refractivity contribution >= 4 is 17.4 Å². The number of anilines is 1.